The Morgan fingerprint density at radius 1 is 1.45 bits per heavy atom. The molecule has 112 valence electrons. The predicted octanol–water partition coefficient (Wildman–Crippen LogP) is 2.99. The summed E-state index contributed by atoms with van der Waals surface area (Å²) >= 11 is 1.14. The number of hydrogen-bond donors (Lipinski definition) is 1. The Balaban J connectivity index is 2.83. The molecule has 0 aliphatic heterocycles. The number of ether oxygens (including phenoxy) is 1. The Kier molecular flexibility index (Phi) is 5.95. The van der Waals surface area contributed by atoms with Crippen LogP contribution in [0.4, 0.5) is 8.78 Å². The molecule has 0 saturated carbocycles. The SMILES string of the molecule is COC(=O)C(C)(CSc1ccc(F)cc1F)NC(C)C. The average Bonchev–Trinajstić information content (AvgIpc) is 2.35. The highest BCUT2D eigenvalue weighted by molar-refractivity contribution is 7.99. The van der Waals surface area contributed by atoms with E-state index in [1.165, 1.54) is 19.2 Å². The summed E-state index contributed by atoms with van der Waals surface area (Å²) in [4.78, 5) is 12.2. The first-order valence-corrected chi connectivity index (χ1v) is 7.21. The fraction of sp³-hybridized carbons (Fsp3) is 0.500. The number of nitrogens with one attached hydrogen (secondary N) is 1. The van der Waals surface area contributed by atoms with E-state index < -0.39 is 23.1 Å². The third kappa shape index (κ3) is 4.45. The molecule has 0 amide bonds. The summed E-state index contributed by atoms with van der Waals surface area (Å²) in [5.74, 6) is -1.39. The Labute approximate surface area is 122 Å². The first-order chi connectivity index (χ1) is 9.28. The molecule has 3 nitrogen and oxygen atoms in total. The van der Waals surface area contributed by atoms with Crippen LogP contribution in [0.2, 0.25) is 0 Å². The number of benzene rings is 1. The van der Waals surface area contributed by atoms with Gasteiger partial charge < -0.3 is 4.74 Å². The first kappa shape index (κ1) is 16.9. The number of rotatable bonds is 6. The molecule has 1 N–H and O–H groups in total. The van der Waals surface area contributed by atoms with Crippen LogP contribution in [0.5, 0.6) is 0 Å². The molecule has 1 atom stereocenters. The van der Waals surface area contributed by atoms with Gasteiger partial charge in [-0.15, -0.1) is 11.8 Å². The number of carbonyl (C=O) groups is 1. The predicted molar refractivity (Wildman–Crippen MR) is 75.8 cm³/mol. The minimum Gasteiger partial charge on any atom is -0.468 e. The van der Waals surface area contributed by atoms with E-state index >= 15 is 0 Å². The van der Waals surface area contributed by atoms with Crippen molar-refractivity contribution >= 4 is 17.7 Å². The van der Waals surface area contributed by atoms with Gasteiger partial charge >= 0.3 is 5.97 Å². The summed E-state index contributed by atoms with van der Waals surface area (Å²) in [5.41, 5.74) is -0.936. The maximum Gasteiger partial charge on any atom is 0.326 e. The van der Waals surface area contributed by atoms with Gasteiger partial charge in [0.1, 0.15) is 17.2 Å². The number of carbonyl (C=O) groups excluding carboxylic acids is 1. The Bertz CT molecular complexity index is 482. The molecule has 1 unspecified atom stereocenters. The molecule has 20 heavy (non-hydrogen) atoms. The van der Waals surface area contributed by atoms with Crippen molar-refractivity contribution in [2.24, 2.45) is 0 Å². The van der Waals surface area contributed by atoms with E-state index in [1.807, 2.05) is 13.8 Å². The van der Waals surface area contributed by atoms with Crippen molar-refractivity contribution < 1.29 is 18.3 Å². The van der Waals surface area contributed by atoms with Gasteiger partial charge in [-0.3, -0.25) is 10.1 Å². The van der Waals surface area contributed by atoms with Crippen LogP contribution < -0.4 is 5.32 Å². The van der Waals surface area contributed by atoms with Gasteiger partial charge in [-0.1, -0.05) is 0 Å². The smallest absolute Gasteiger partial charge is 0.326 e. The highest BCUT2D eigenvalue weighted by Crippen LogP contribution is 2.26. The van der Waals surface area contributed by atoms with Crippen molar-refractivity contribution in [2.45, 2.75) is 37.2 Å². The second kappa shape index (κ2) is 7.04. The molecule has 0 bridgehead atoms. The highest BCUT2D eigenvalue weighted by atomic mass is 32.2. The second-order valence-electron chi connectivity index (χ2n) is 4.99. The van der Waals surface area contributed by atoms with Crippen molar-refractivity contribution in [1.82, 2.24) is 5.32 Å². The van der Waals surface area contributed by atoms with Gasteiger partial charge in [-0.05, 0) is 32.9 Å². The summed E-state index contributed by atoms with van der Waals surface area (Å²) in [7, 11) is 1.31. The van der Waals surface area contributed by atoms with E-state index in [0.717, 1.165) is 17.8 Å². The third-order valence-corrected chi connectivity index (χ3v) is 4.02. The van der Waals surface area contributed by atoms with Crippen LogP contribution in [0.1, 0.15) is 20.8 Å². The van der Waals surface area contributed by atoms with E-state index in [2.05, 4.69) is 5.32 Å². The van der Waals surface area contributed by atoms with Gasteiger partial charge in [0.15, 0.2) is 0 Å². The second-order valence-corrected chi connectivity index (χ2v) is 6.00. The lowest BCUT2D eigenvalue weighted by atomic mass is 10.0. The number of halogens is 2. The minimum atomic E-state index is -0.936. The lowest BCUT2D eigenvalue weighted by Crippen LogP contribution is -2.54. The summed E-state index contributed by atoms with van der Waals surface area (Å²) in [6, 6.07) is 3.45. The minimum absolute atomic E-state index is 0.0674. The molecular formula is C14H19F2NO2S. The standard InChI is InChI=1S/C14H19F2NO2S/c1-9(2)17-14(3,13(18)19-4)8-20-12-6-5-10(15)7-11(12)16/h5-7,9,17H,8H2,1-4H3. The van der Waals surface area contributed by atoms with Crippen LogP contribution in [0, 0.1) is 11.6 Å². The first-order valence-electron chi connectivity index (χ1n) is 6.22. The van der Waals surface area contributed by atoms with Gasteiger partial charge in [-0.2, -0.15) is 0 Å². The van der Waals surface area contributed by atoms with Crippen molar-refractivity contribution in [3.63, 3.8) is 0 Å². The van der Waals surface area contributed by atoms with Crippen molar-refractivity contribution in [3.05, 3.63) is 29.8 Å². The molecule has 1 aromatic rings. The normalized spacial score (nSPS) is 14.2. The van der Waals surface area contributed by atoms with E-state index in [9.17, 15) is 13.6 Å². The fourth-order valence-electron chi connectivity index (χ4n) is 1.84. The largest absolute Gasteiger partial charge is 0.468 e. The van der Waals surface area contributed by atoms with Gasteiger partial charge in [0.05, 0.1) is 7.11 Å². The summed E-state index contributed by atoms with van der Waals surface area (Å²) < 4.78 is 31.2. The third-order valence-electron chi connectivity index (χ3n) is 2.65. The van der Waals surface area contributed by atoms with Crippen molar-refractivity contribution in [2.75, 3.05) is 12.9 Å². The molecule has 0 radical (unpaired) electrons. The monoisotopic (exact) mass is 303 g/mol. The summed E-state index contributed by atoms with van der Waals surface area (Å²) in [6.07, 6.45) is 0. The maximum atomic E-state index is 13.6. The van der Waals surface area contributed by atoms with Crippen LogP contribution in [-0.2, 0) is 9.53 Å². The van der Waals surface area contributed by atoms with E-state index in [1.54, 1.807) is 6.92 Å². The molecule has 0 heterocycles. The Hall–Kier alpha value is -1.14. The van der Waals surface area contributed by atoms with Gasteiger partial charge in [-0.25, -0.2) is 8.78 Å². The van der Waals surface area contributed by atoms with Gasteiger partial charge in [0.2, 0.25) is 0 Å². The zero-order valence-electron chi connectivity index (χ0n) is 12.0. The Morgan fingerprint density at radius 3 is 2.60 bits per heavy atom. The van der Waals surface area contributed by atoms with Crippen LogP contribution in [0.3, 0.4) is 0 Å². The van der Waals surface area contributed by atoms with Crippen LogP contribution >= 0.6 is 11.8 Å². The number of hydrogen-bond acceptors (Lipinski definition) is 4. The van der Waals surface area contributed by atoms with Crippen molar-refractivity contribution in [1.29, 1.82) is 0 Å². The lowest BCUT2D eigenvalue weighted by Gasteiger charge is -2.29. The highest BCUT2D eigenvalue weighted by Gasteiger charge is 2.35. The molecule has 0 aliphatic rings. The molecule has 6 heteroatoms. The molecule has 0 aliphatic carbocycles. The van der Waals surface area contributed by atoms with Gasteiger partial charge in [0, 0.05) is 22.8 Å². The lowest BCUT2D eigenvalue weighted by molar-refractivity contribution is -0.147. The van der Waals surface area contributed by atoms with E-state index in [0.29, 0.717) is 4.90 Å². The number of thioether (sulfide) groups is 1. The zero-order chi connectivity index (χ0) is 15.3. The number of esters is 1. The van der Waals surface area contributed by atoms with Crippen LogP contribution in [0.25, 0.3) is 0 Å². The van der Waals surface area contributed by atoms with Crippen LogP contribution in [0.15, 0.2) is 23.1 Å². The summed E-state index contributed by atoms with van der Waals surface area (Å²) in [5, 5.41) is 3.12. The topological polar surface area (TPSA) is 38.3 Å². The molecule has 0 aromatic heterocycles. The fourth-order valence-corrected chi connectivity index (χ4v) is 2.84. The number of methoxy groups -OCH3 is 1. The zero-order valence-corrected chi connectivity index (χ0v) is 12.8. The van der Waals surface area contributed by atoms with E-state index in [4.69, 9.17) is 4.74 Å². The molecule has 0 fully saturated rings. The molecule has 1 rings (SSSR count). The van der Waals surface area contributed by atoms with Crippen molar-refractivity contribution in [3.8, 4) is 0 Å². The van der Waals surface area contributed by atoms with E-state index in [-0.39, 0.29) is 11.8 Å². The average molecular weight is 303 g/mol. The maximum absolute atomic E-state index is 13.6. The van der Waals surface area contributed by atoms with Gasteiger partial charge in [0.25, 0.3) is 0 Å². The summed E-state index contributed by atoms with van der Waals surface area (Å²) in [6.45, 7) is 5.52. The molecular weight excluding hydrogens is 284 g/mol. The molecule has 0 saturated heterocycles. The molecule has 1 aromatic carbocycles. The molecule has 0 spiro atoms. The van der Waals surface area contributed by atoms with Crippen LogP contribution in [-0.4, -0.2) is 30.4 Å². The Morgan fingerprint density at radius 2 is 2.10 bits per heavy atom. The quantitative estimate of drug-likeness (QED) is 0.648.